The first-order valence-electron chi connectivity index (χ1n) is 8.50. The molecule has 0 bridgehead atoms. The normalized spacial score (nSPS) is 24.7. The maximum absolute atomic E-state index is 14.5. The molecule has 1 fully saturated rings. The van der Waals surface area contributed by atoms with Crippen molar-refractivity contribution in [2.24, 2.45) is 16.6 Å². The van der Waals surface area contributed by atoms with Gasteiger partial charge in [-0.1, -0.05) is 0 Å². The van der Waals surface area contributed by atoms with E-state index in [1.165, 1.54) is 18.3 Å². The SMILES string of the molecule is N#Cc1ccc(C(=O)Nc2ccc(F)c([C@@]3(C(F)F)N=C(N)O[C@@H]4C[C@@H]43)n2)nc1. The van der Waals surface area contributed by atoms with E-state index in [0.29, 0.717) is 0 Å². The van der Waals surface area contributed by atoms with Crippen LogP contribution in [-0.2, 0) is 10.3 Å². The van der Waals surface area contributed by atoms with Gasteiger partial charge in [0.1, 0.15) is 35.2 Å². The van der Waals surface area contributed by atoms with Gasteiger partial charge in [0.25, 0.3) is 18.4 Å². The van der Waals surface area contributed by atoms with Crippen LogP contribution >= 0.6 is 0 Å². The summed E-state index contributed by atoms with van der Waals surface area (Å²) < 4.78 is 47.8. The molecule has 29 heavy (non-hydrogen) atoms. The van der Waals surface area contributed by atoms with Crippen molar-refractivity contribution in [3.8, 4) is 6.07 Å². The number of rotatable bonds is 4. The quantitative estimate of drug-likeness (QED) is 0.805. The van der Waals surface area contributed by atoms with Crippen LogP contribution in [0.4, 0.5) is 19.0 Å². The van der Waals surface area contributed by atoms with Crippen LogP contribution in [-0.4, -0.2) is 34.4 Å². The second-order valence-corrected chi connectivity index (χ2v) is 6.60. The van der Waals surface area contributed by atoms with E-state index in [9.17, 15) is 18.0 Å². The number of alkyl halides is 2. The molecule has 0 spiro atoms. The number of pyridine rings is 2. The first-order chi connectivity index (χ1) is 13.8. The fraction of sp³-hybridized carbons (Fsp3) is 0.278. The zero-order valence-electron chi connectivity index (χ0n) is 14.6. The van der Waals surface area contributed by atoms with Gasteiger partial charge in [-0.05, 0) is 30.7 Å². The third kappa shape index (κ3) is 3.12. The van der Waals surface area contributed by atoms with Crippen LogP contribution in [0.1, 0.15) is 28.2 Å². The monoisotopic (exact) mass is 402 g/mol. The molecule has 0 saturated heterocycles. The molecule has 3 atom stereocenters. The van der Waals surface area contributed by atoms with Crippen molar-refractivity contribution in [2.75, 3.05) is 5.32 Å². The predicted molar refractivity (Wildman–Crippen MR) is 93.4 cm³/mol. The number of hydrogen-bond acceptors (Lipinski definition) is 7. The number of ether oxygens (including phenoxy) is 1. The summed E-state index contributed by atoms with van der Waals surface area (Å²) in [5, 5.41) is 11.1. The van der Waals surface area contributed by atoms with Crippen molar-refractivity contribution in [1.29, 1.82) is 5.26 Å². The van der Waals surface area contributed by atoms with Gasteiger partial charge in [-0.15, -0.1) is 0 Å². The molecule has 0 aromatic carbocycles. The van der Waals surface area contributed by atoms with E-state index in [2.05, 4.69) is 20.3 Å². The summed E-state index contributed by atoms with van der Waals surface area (Å²) in [4.78, 5) is 23.8. The third-order valence-corrected chi connectivity index (χ3v) is 4.79. The predicted octanol–water partition coefficient (Wildman–Crippen LogP) is 1.93. The topological polar surface area (TPSA) is 126 Å². The number of halogens is 3. The van der Waals surface area contributed by atoms with Crippen LogP contribution in [0.2, 0.25) is 0 Å². The minimum Gasteiger partial charge on any atom is -0.462 e. The van der Waals surface area contributed by atoms with Crippen LogP contribution in [0.3, 0.4) is 0 Å². The summed E-state index contributed by atoms with van der Waals surface area (Å²) in [6, 6.07) is 6.18. The Balaban J connectivity index is 1.68. The molecule has 3 N–H and O–H groups in total. The van der Waals surface area contributed by atoms with Gasteiger partial charge < -0.3 is 15.8 Å². The number of nitrogens with zero attached hydrogens (tertiary/aromatic N) is 4. The van der Waals surface area contributed by atoms with Crippen LogP contribution in [0.5, 0.6) is 0 Å². The summed E-state index contributed by atoms with van der Waals surface area (Å²) in [5.74, 6) is -2.63. The average molecular weight is 402 g/mol. The van der Waals surface area contributed by atoms with Crippen molar-refractivity contribution in [3.05, 3.63) is 53.2 Å². The number of aromatic nitrogens is 2. The molecule has 3 heterocycles. The van der Waals surface area contributed by atoms with Crippen LogP contribution in [0, 0.1) is 23.1 Å². The van der Waals surface area contributed by atoms with E-state index < -0.39 is 47.4 Å². The van der Waals surface area contributed by atoms with Gasteiger partial charge in [0.2, 0.25) is 0 Å². The second kappa shape index (κ2) is 6.73. The average Bonchev–Trinajstić information content (AvgIpc) is 3.48. The molecule has 2 aromatic heterocycles. The number of hydrogen-bond donors (Lipinski definition) is 2. The fourth-order valence-corrected chi connectivity index (χ4v) is 3.32. The fourth-order valence-electron chi connectivity index (χ4n) is 3.32. The van der Waals surface area contributed by atoms with Crippen LogP contribution in [0.15, 0.2) is 35.5 Å². The number of aliphatic imine (C=N–C) groups is 1. The number of nitriles is 1. The highest BCUT2D eigenvalue weighted by atomic mass is 19.3. The lowest BCUT2D eigenvalue weighted by Crippen LogP contribution is -2.44. The minimum atomic E-state index is -3.09. The first-order valence-corrected chi connectivity index (χ1v) is 8.50. The standard InChI is InChI=1S/C18H13F3N6O2/c19-10-2-4-13(26-15(28)11-3-1-8(6-22)7-24-11)25-14(10)18(16(20)21)9-5-12(9)29-17(23)27-18/h1-4,7,9,12,16H,5H2,(H2,23,27)(H,25,26,28)/t9-,12+,18-/m0/s1. The molecule has 148 valence electrons. The molecular weight excluding hydrogens is 389 g/mol. The molecule has 1 amide bonds. The van der Waals surface area contributed by atoms with Crippen molar-refractivity contribution in [2.45, 2.75) is 24.5 Å². The number of amidine groups is 1. The Morgan fingerprint density at radius 1 is 1.38 bits per heavy atom. The molecule has 11 heteroatoms. The number of carbonyl (C=O) groups is 1. The molecular formula is C18H13F3N6O2. The van der Waals surface area contributed by atoms with E-state index in [1.807, 2.05) is 6.07 Å². The molecule has 1 saturated carbocycles. The van der Waals surface area contributed by atoms with E-state index >= 15 is 0 Å². The zero-order valence-corrected chi connectivity index (χ0v) is 14.6. The molecule has 1 aliphatic heterocycles. The van der Waals surface area contributed by atoms with Crippen molar-refractivity contribution >= 4 is 17.7 Å². The van der Waals surface area contributed by atoms with E-state index in [0.717, 1.165) is 12.1 Å². The number of amides is 1. The molecule has 0 radical (unpaired) electrons. The summed E-state index contributed by atoms with van der Waals surface area (Å²) in [5.41, 5.74) is 2.84. The summed E-state index contributed by atoms with van der Waals surface area (Å²) in [6.07, 6.45) is -2.23. The smallest absolute Gasteiger partial charge is 0.283 e. The van der Waals surface area contributed by atoms with Gasteiger partial charge in [0, 0.05) is 12.1 Å². The van der Waals surface area contributed by atoms with Crippen molar-refractivity contribution < 1.29 is 22.7 Å². The van der Waals surface area contributed by atoms with Gasteiger partial charge in [0.15, 0.2) is 5.54 Å². The molecule has 4 rings (SSSR count). The Labute approximate surface area is 162 Å². The summed E-state index contributed by atoms with van der Waals surface area (Å²) >= 11 is 0. The van der Waals surface area contributed by atoms with E-state index in [4.69, 9.17) is 15.7 Å². The molecule has 2 aromatic rings. The number of fused-ring (bicyclic) bond motifs is 1. The van der Waals surface area contributed by atoms with E-state index in [1.54, 1.807) is 0 Å². The van der Waals surface area contributed by atoms with Crippen LogP contribution < -0.4 is 11.1 Å². The van der Waals surface area contributed by atoms with Gasteiger partial charge in [-0.25, -0.2) is 28.1 Å². The maximum Gasteiger partial charge on any atom is 0.283 e. The second-order valence-electron chi connectivity index (χ2n) is 6.60. The molecule has 8 nitrogen and oxygen atoms in total. The molecule has 1 aliphatic carbocycles. The lowest BCUT2D eigenvalue weighted by molar-refractivity contribution is 0.0151. The van der Waals surface area contributed by atoms with Gasteiger partial charge >= 0.3 is 0 Å². The summed E-state index contributed by atoms with van der Waals surface area (Å²) in [6.45, 7) is 0. The van der Waals surface area contributed by atoms with Gasteiger partial charge in [-0.3, -0.25) is 4.79 Å². The van der Waals surface area contributed by atoms with Crippen molar-refractivity contribution in [1.82, 2.24) is 9.97 Å². The van der Waals surface area contributed by atoms with Gasteiger partial charge in [0.05, 0.1) is 5.56 Å². The lowest BCUT2D eigenvalue weighted by Gasteiger charge is -2.32. The summed E-state index contributed by atoms with van der Waals surface area (Å²) in [7, 11) is 0. The number of nitrogens with two attached hydrogens (primary N) is 1. The number of carbonyl (C=O) groups excluding carboxylic acids is 1. The first kappa shape index (κ1) is 18.7. The zero-order chi connectivity index (χ0) is 20.8. The minimum absolute atomic E-state index is 0.0316. The largest absolute Gasteiger partial charge is 0.462 e. The Morgan fingerprint density at radius 3 is 2.83 bits per heavy atom. The maximum atomic E-state index is 14.5. The van der Waals surface area contributed by atoms with Crippen LogP contribution in [0.25, 0.3) is 0 Å². The Hall–Kier alpha value is -3.68. The number of anilines is 1. The van der Waals surface area contributed by atoms with E-state index in [-0.39, 0.29) is 23.5 Å². The third-order valence-electron chi connectivity index (χ3n) is 4.79. The highest BCUT2D eigenvalue weighted by Gasteiger charge is 2.65. The Bertz CT molecular complexity index is 1050. The number of nitrogens with one attached hydrogen (secondary N) is 1. The van der Waals surface area contributed by atoms with Gasteiger partial charge in [-0.2, -0.15) is 5.26 Å². The Morgan fingerprint density at radius 2 is 2.17 bits per heavy atom. The highest BCUT2D eigenvalue weighted by Crippen LogP contribution is 2.55. The molecule has 0 unspecified atom stereocenters. The Kier molecular flexibility index (Phi) is 4.34. The molecule has 2 aliphatic rings. The van der Waals surface area contributed by atoms with Crippen molar-refractivity contribution in [3.63, 3.8) is 0 Å². The highest BCUT2D eigenvalue weighted by molar-refractivity contribution is 6.02. The lowest BCUT2D eigenvalue weighted by atomic mass is 9.88.